The number of hydrogen-bond acceptors (Lipinski definition) is 4. The van der Waals surface area contributed by atoms with Gasteiger partial charge in [0.2, 0.25) is 11.7 Å². The topological polar surface area (TPSA) is 67.0 Å². The number of halogens is 2. The van der Waals surface area contributed by atoms with Gasteiger partial charge in [-0.05, 0) is 18.9 Å². The van der Waals surface area contributed by atoms with E-state index >= 15 is 0 Å². The molecule has 1 aliphatic rings. The Kier molecular flexibility index (Phi) is 4.14. The molecular formula is C18H17F2N3O2S. The zero-order chi connectivity index (χ0) is 18.3. The van der Waals surface area contributed by atoms with Crippen LogP contribution in [0.2, 0.25) is 0 Å². The molecule has 4 rings (SSSR count). The van der Waals surface area contributed by atoms with E-state index in [0.717, 1.165) is 12.8 Å². The summed E-state index contributed by atoms with van der Waals surface area (Å²) in [5.41, 5.74) is 3.04. The molecule has 1 aromatic carbocycles. The first-order valence-corrected chi connectivity index (χ1v) is 9.18. The summed E-state index contributed by atoms with van der Waals surface area (Å²) >= 11 is 1.40. The third-order valence-corrected chi connectivity index (χ3v) is 5.31. The Balaban J connectivity index is 1.53. The third kappa shape index (κ3) is 3.16. The summed E-state index contributed by atoms with van der Waals surface area (Å²) in [5.74, 6) is -2.20. The van der Waals surface area contributed by atoms with Crippen LogP contribution in [0.3, 0.4) is 0 Å². The molecule has 1 fully saturated rings. The number of hydrogen-bond donors (Lipinski definition) is 2. The van der Waals surface area contributed by atoms with Crippen LogP contribution in [-0.4, -0.2) is 15.9 Å². The molecule has 0 aliphatic heterocycles. The van der Waals surface area contributed by atoms with Crippen molar-refractivity contribution in [3.05, 3.63) is 46.0 Å². The second-order valence-electron chi connectivity index (χ2n) is 6.77. The van der Waals surface area contributed by atoms with Crippen molar-refractivity contribution in [3.8, 4) is 5.75 Å². The van der Waals surface area contributed by atoms with Gasteiger partial charge in [0.15, 0.2) is 11.6 Å². The summed E-state index contributed by atoms with van der Waals surface area (Å²) in [6.45, 7) is 2.21. The van der Waals surface area contributed by atoms with E-state index in [0.29, 0.717) is 16.9 Å². The second kappa shape index (κ2) is 6.35. The molecule has 1 amide bonds. The Labute approximate surface area is 152 Å². The molecule has 2 heterocycles. The van der Waals surface area contributed by atoms with Crippen LogP contribution in [0.25, 0.3) is 10.9 Å². The average Bonchev–Trinajstić information content (AvgIpc) is 3.03. The number of aromatic amines is 1. The van der Waals surface area contributed by atoms with E-state index in [-0.39, 0.29) is 35.6 Å². The summed E-state index contributed by atoms with van der Waals surface area (Å²) in [6, 6.07) is 2.93. The van der Waals surface area contributed by atoms with Crippen molar-refractivity contribution < 1.29 is 18.3 Å². The number of nitrogens with one attached hydrogen (secondary N) is 2. The average molecular weight is 377 g/mol. The van der Waals surface area contributed by atoms with Crippen LogP contribution in [-0.2, 0) is 17.9 Å². The van der Waals surface area contributed by atoms with E-state index in [2.05, 4.69) is 15.3 Å². The van der Waals surface area contributed by atoms with Crippen molar-refractivity contribution in [2.24, 2.45) is 5.41 Å². The molecule has 8 heteroatoms. The Morgan fingerprint density at radius 1 is 1.38 bits per heavy atom. The van der Waals surface area contributed by atoms with Crippen LogP contribution in [0.15, 0.2) is 23.0 Å². The maximum atomic E-state index is 14.4. The molecule has 0 unspecified atom stereocenters. The predicted molar refractivity (Wildman–Crippen MR) is 93.8 cm³/mol. The maximum Gasteiger partial charge on any atom is 0.226 e. The lowest BCUT2D eigenvalue weighted by Gasteiger charge is -2.08. The molecule has 0 spiro atoms. The van der Waals surface area contributed by atoms with Crippen LogP contribution in [0.4, 0.5) is 8.78 Å². The molecule has 0 radical (unpaired) electrons. The highest BCUT2D eigenvalue weighted by Gasteiger charge is 2.44. The molecule has 3 aromatic rings. The first kappa shape index (κ1) is 17.0. The molecule has 1 aliphatic carbocycles. The first-order valence-electron chi connectivity index (χ1n) is 8.24. The largest absolute Gasteiger partial charge is 0.484 e. The van der Waals surface area contributed by atoms with Crippen LogP contribution < -0.4 is 10.1 Å². The summed E-state index contributed by atoms with van der Waals surface area (Å²) in [5, 5.41) is 4.74. The second-order valence-corrected chi connectivity index (χ2v) is 7.49. The van der Waals surface area contributed by atoms with Crippen LogP contribution >= 0.6 is 11.3 Å². The highest BCUT2D eigenvalue weighted by Crippen LogP contribution is 2.45. The Bertz CT molecular complexity index is 965. The van der Waals surface area contributed by atoms with Gasteiger partial charge in [0.1, 0.15) is 6.61 Å². The number of benzene rings is 1. The van der Waals surface area contributed by atoms with Crippen LogP contribution in [0.1, 0.15) is 31.2 Å². The number of nitrogens with zero attached hydrogens (tertiary/aromatic N) is 1. The van der Waals surface area contributed by atoms with Gasteiger partial charge < -0.3 is 15.0 Å². The summed E-state index contributed by atoms with van der Waals surface area (Å²) < 4.78 is 34.0. The van der Waals surface area contributed by atoms with Gasteiger partial charge in [-0.15, -0.1) is 11.3 Å². The number of amides is 1. The number of carbonyl (C=O) groups is 1. The molecule has 26 heavy (non-hydrogen) atoms. The van der Waals surface area contributed by atoms with Gasteiger partial charge in [0, 0.05) is 27.9 Å². The van der Waals surface area contributed by atoms with Crippen molar-refractivity contribution in [1.82, 2.24) is 15.3 Å². The van der Waals surface area contributed by atoms with E-state index in [9.17, 15) is 13.6 Å². The van der Waals surface area contributed by atoms with Crippen LogP contribution in [0, 0.1) is 17.0 Å². The van der Waals surface area contributed by atoms with Crippen molar-refractivity contribution in [3.63, 3.8) is 0 Å². The fourth-order valence-corrected chi connectivity index (χ4v) is 3.25. The predicted octanol–water partition coefficient (Wildman–Crippen LogP) is 3.90. The van der Waals surface area contributed by atoms with Crippen molar-refractivity contribution in [1.29, 1.82) is 0 Å². The van der Waals surface area contributed by atoms with Gasteiger partial charge in [-0.1, -0.05) is 6.92 Å². The number of H-pyrrole nitrogens is 1. The molecule has 1 saturated carbocycles. The highest BCUT2D eigenvalue weighted by molar-refractivity contribution is 7.07. The fraction of sp³-hybridized carbons (Fsp3) is 0.333. The molecule has 0 saturated heterocycles. The van der Waals surface area contributed by atoms with E-state index in [4.69, 9.17) is 4.74 Å². The van der Waals surface area contributed by atoms with Gasteiger partial charge >= 0.3 is 0 Å². The van der Waals surface area contributed by atoms with Gasteiger partial charge in [-0.3, -0.25) is 4.79 Å². The van der Waals surface area contributed by atoms with E-state index in [1.54, 1.807) is 10.9 Å². The van der Waals surface area contributed by atoms with Crippen LogP contribution in [0.5, 0.6) is 5.75 Å². The lowest BCUT2D eigenvalue weighted by Crippen LogP contribution is -2.29. The smallest absolute Gasteiger partial charge is 0.226 e. The van der Waals surface area contributed by atoms with Gasteiger partial charge in [0.05, 0.1) is 23.3 Å². The number of fused-ring (bicyclic) bond motifs is 1. The molecule has 2 aromatic heterocycles. The first-order chi connectivity index (χ1) is 12.5. The Morgan fingerprint density at radius 2 is 2.19 bits per heavy atom. The monoisotopic (exact) mass is 377 g/mol. The number of thiazole rings is 1. The SMILES string of the molecule is CC1(C(=O)NCc2cc3c(F)c(F)c(OCc4cscn4)cc3[nH]2)CC1. The minimum absolute atomic E-state index is 0.0184. The zero-order valence-corrected chi connectivity index (χ0v) is 14.9. The Morgan fingerprint density at radius 3 is 2.88 bits per heavy atom. The van der Waals surface area contributed by atoms with E-state index in [1.807, 2.05) is 6.92 Å². The standard InChI is InChI=1S/C18H17F2N3O2S/c1-18(2-3-18)17(24)21-6-10-4-12-13(23-10)5-14(16(20)15(12)19)25-7-11-8-26-9-22-11/h4-5,8-9,23H,2-3,6-7H2,1H3,(H,21,24). The minimum atomic E-state index is -1.03. The molecular weight excluding hydrogens is 360 g/mol. The van der Waals surface area contributed by atoms with E-state index < -0.39 is 11.6 Å². The Hall–Kier alpha value is -2.48. The normalized spacial score (nSPS) is 15.2. The van der Waals surface area contributed by atoms with Crippen molar-refractivity contribution >= 4 is 28.1 Å². The minimum Gasteiger partial charge on any atom is -0.484 e. The summed E-state index contributed by atoms with van der Waals surface area (Å²) in [6.07, 6.45) is 1.76. The zero-order valence-electron chi connectivity index (χ0n) is 14.1. The molecule has 0 atom stereocenters. The maximum absolute atomic E-state index is 14.4. The fourth-order valence-electron chi connectivity index (χ4n) is 2.71. The van der Waals surface area contributed by atoms with E-state index in [1.165, 1.54) is 23.5 Å². The van der Waals surface area contributed by atoms with Crippen molar-refractivity contribution in [2.75, 3.05) is 0 Å². The molecule has 0 bridgehead atoms. The molecule has 136 valence electrons. The van der Waals surface area contributed by atoms with Gasteiger partial charge in [-0.2, -0.15) is 4.39 Å². The summed E-state index contributed by atoms with van der Waals surface area (Å²) in [4.78, 5) is 19.1. The van der Waals surface area contributed by atoms with Gasteiger partial charge in [-0.25, -0.2) is 9.37 Å². The molecule has 5 nitrogen and oxygen atoms in total. The lowest BCUT2D eigenvalue weighted by molar-refractivity contribution is -0.125. The highest BCUT2D eigenvalue weighted by atomic mass is 32.1. The number of carbonyl (C=O) groups excluding carboxylic acids is 1. The quantitative estimate of drug-likeness (QED) is 0.685. The molecule has 2 N–H and O–H groups in total. The van der Waals surface area contributed by atoms with Crippen molar-refractivity contribution in [2.45, 2.75) is 32.9 Å². The summed E-state index contributed by atoms with van der Waals surface area (Å²) in [7, 11) is 0. The number of rotatable bonds is 6. The number of aromatic nitrogens is 2. The lowest BCUT2D eigenvalue weighted by atomic mass is 10.1. The third-order valence-electron chi connectivity index (χ3n) is 4.67. The number of ether oxygens (including phenoxy) is 1. The van der Waals surface area contributed by atoms with Gasteiger partial charge in [0.25, 0.3) is 0 Å².